The molecule has 1 aromatic rings. The van der Waals surface area contributed by atoms with E-state index in [-0.39, 0.29) is 12.4 Å². The molecule has 4 heteroatoms. The average Bonchev–Trinajstić information content (AvgIpc) is 2.18. The Morgan fingerprint density at radius 1 is 1.50 bits per heavy atom. The lowest BCUT2D eigenvalue weighted by Crippen LogP contribution is -1.86. The van der Waals surface area contributed by atoms with Gasteiger partial charge in [0.2, 0.25) is 0 Å². The number of ether oxygens (including phenoxy) is 1. The van der Waals surface area contributed by atoms with Gasteiger partial charge in [0.1, 0.15) is 0 Å². The van der Waals surface area contributed by atoms with E-state index in [0.717, 1.165) is 4.47 Å². The fraction of sp³-hybridized carbons (Fsp3) is 0.200. The maximum Gasteiger partial charge on any atom is 0.165 e. The van der Waals surface area contributed by atoms with E-state index in [2.05, 4.69) is 15.9 Å². The van der Waals surface area contributed by atoms with Crippen LogP contribution in [0.15, 0.2) is 22.7 Å². The lowest BCUT2D eigenvalue weighted by molar-refractivity contribution is 0.343. The second-order valence-electron chi connectivity index (χ2n) is 2.63. The summed E-state index contributed by atoms with van der Waals surface area (Å²) in [6.07, 6.45) is 3.17. The van der Waals surface area contributed by atoms with Crippen molar-refractivity contribution in [1.82, 2.24) is 0 Å². The number of hydrogen-bond acceptors (Lipinski definition) is 3. The first-order valence-corrected chi connectivity index (χ1v) is 4.82. The van der Waals surface area contributed by atoms with E-state index >= 15 is 0 Å². The second-order valence-corrected chi connectivity index (χ2v) is 3.55. The molecule has 76 valence electrons. The third-order valence-corrected chi connectivity index (χ3v) is 2.15. The number of aliphatic hydroxyl groups excluding tert-OH is 1. The average molecular weight is 259 g/mol. The van der Waals surface area contributed by atoms with Crippen LogP contribution in [-0.4, -0.2) is 23.9 Å². The molecule has 1 aromatic carbocycles. The van der Waals surface area contributed by atoms with Crippen molar-refractivity contribution in [1.29, 1.82) is 0 Å². The van der Waals surface area contributed by atoms with Crippen LogP contribution in [0, 0.1) is 0 Å². The third kappa shape index (κ3) is 2.49. The van der Waals surface area contributed by atoms with Crippen molar-refractivity contribution in [3.05, 3.63) is 28.2 Å². The third-order valence-electron chi connectivity index (χ3n) is 1.69. The van der Waals surface area contributed by atoms with Gasteiger partial charge in [0.25, 0.3) is 0 Å². The van der Waals surface area contributed by atoms with Gasteiger partial charge in [-0.2, -0.15) is 0 Å². The van der Waals surface area contributed by atoms with Crippen molar-refractivity contribution in [2.24, 2.45) is 0 Å². The fourth-order valence-electron chi connectivity index (χ4n) is 1.06. The first-order chi connectivity index (χ1) is 6.69. The van der Waals surface area contributed by atoms with E-state index in [1.54, 1.807) is 24.3 Å². The molecule has 0 aliphatic rings. The minimum absolute atomic E-state index is 0.0612. The second kappa shape index (κ2) is 5.02. The zero-order valence-corrected chi connectivity index (χ0v) is 9.28. The molecule has 0 amide bonds. The molecule has 14 heavy (non-hydrogen) atoms. The van der Waals surface area contributed by atoms with E-state index in [4.69, 9.17) is 9.84 Å². The largest absolute Gasteiger partial charge is 0.504 e. The summed E-state index contributed by atoms with van der Waals surface area (Å²) in [6, 6.07) is 3.41. The smallest absolute Gasteiger partial charge is 0.165 e. The first-order valence-electron chi connectivity index (χ1n) is 4.03. The minimum Gasteiger partial charge on any atom is -0.504 e. The molecular weight excluding hydrogens is 248 g/mol. The molecule has 3 nitrogen and oxygen atoms in total. The van der Waals surface area contributed by atoms with Crippen LogP contribution >= 0.6 is 15.9 Å². The Kier molecular flexibility index (Phi) is 3.98. The van der Waals surface area contributed by atoms with Gasteiger partial charge in [-0.25, -0.2) is 0 Å². The molecule has 0 fully saturated rings. The van der Waals surface area contributed by atoms with Gasteiger partial charge in [-0.3, -0.25) is 0 Å². The molecule has 0 aromatic heterocycles. The highest BCUT2D eigenvalue weighted by atomic mass is 79.9. The Morgan fingerprint density at radius 3 is 2.79 bits per heavy atom. The van der Waals surface area contributed by atoms with Crippen molar-refractivity contribution in [3.8, 4) is 11.5 Å². The summed E-state index contributed by atoms with van der Waals surface area (Å²) >= 11 is 3.29. The molecule has 0 unspecified atom stereocenters. The number of aromatic hydroxyl groups is 1. The minimum atomic E-state index is -0.0612. The fourth-order valence-corrected chi connectivity index (χ4v) is 1.51. The van der Waals surface area contributed by atoms with Crippen LogP contribution < -0.4 is 4.74 Å². The van der Waals surface area contributed by atoms with E-state index in [1.165, 1.54) is 7.11 Å². The molecule has 1 rings (SSSR count). The molecule has 2 N–H and O–H groups in total. The molecule has 0 saturated heterocycles. The predicted molar refractivity (Wildman–Crippen MR) is 58.5 cm³/mol. The number of hydrogen-bond donors (Lipinski definition) is 2. The highest BCUT2D eigenvalue weighted by molar-refractivity contribution is 9.10. The molecule has 0 atom stereocenters. The van der Waals surface area contributed by atoms with E-state index in [9.17, 15) is 5.11 Å². The van der Waals surface area contributed by atoms with Crippen molar-refractivity contribution >= 4 is 22.0 Å². The van der Waals surface area contributed by atoms with Gasteiger partial charge in [-0.15, -0.1) is 0 Å². The van der Waals surface area contributed by atoms with Crippen molar-refractivity contribution in [3.63, 3.8) is 0 Å². The normalized spacial score (nSPS) is 10.8. The van der Waals surface area contributed by atoms with Gasteiger partial charge in [0, 0.05) is 10.0 Å². The highest BCUT2D eigenvalue weighted by Crippen LogP contribution is 2.34. The topological polar surface area (TPSA) is 49.7 Å². The molecule has 0 radical (unpaired) electrons. The maximum atomic E-state index is 9.66. The predicted octanol–water partition coefficient (Wildman–Crippen LogP) is 2.17. The number of phenolic OH excluding ortho intramolecular Hbond substituents is 1. The van der Waals surface area contributed by atoms with Crippen LogP contribution in [0.25, 0.3) is 6.08 Å². The van der Waals surface area contributed by atoms with Crippen LogP contribution in [-0.2, 0) is 0 Å². The van der Waals surface area contributed by atoms with Crippen LogP contribution in [0.2, 0.25) is 0 Å². The van der Waals surface area contributed by atoms with Gasteiger partial charge < -0.3 is 14.9 Å². The Hall–Kier alpha value is -1.00. The zero-order chi connectivity index (χ0) is 10.6. The molecular formula is C10H11BrO3. The van der Waals surface area contributed by atoms with Gasteiger partial charge in [-0.05, 0) is 12.1 Å². The van der Waals surface area contributed by atoms with E-state index in [1.807, 2.05) is 0 Å². The lowest BCUT2D eigenvalue weighted by atomic mass is 10.1. The van der Waals surface area contributed by atoms with Gasteiger partial charge >= 0.3 is 0 Å². The Bertz CT molecular complexity index is 347. The summed E-state index contributed by atoms with van der Waals surface area (Å²) < 4.78 is 5.78. The Balaban J connectivity index is 3.15. The summed E-state index contributed by atoms with van der Waals surface area (Å²) in [6.45, 7) is -0.0612. The number of phenols is 1. The van der Waals surface area contributed by atoms with Crippen LogP contribution in [0.1, 0.15) is 5.56 Å². The number of aliphatic hydroxyl groups is 1. The summed E-state index contributed by atoms with van der Waals surface area (Å²) in [4.78, 5) is 0. The monoisotopic (exact) mass is 258 g/mol. The van der Waals surface area contributed by atoms with E-state index < -0.39 is 0 Å². The molecule has 0 bridgehead atoms. The van der Waals surface area contributed by atoms with Crippen molar-refractivity contribution in [2.45, 2.75) is 0 Å². The van der Waals surface area contributed by atoms with Gasteiger partial charge in [0.05, 0.1) is 13.7 Å². The Morgan fingerprint density at radius 2 is 2.21 bits per heavy atom. The molecule has 0 spiro atoms. The quantitative estimate of drug-likeness (QED) is 0.874. The Labute approximate surface area is 90.8 Å². The molecule has 0 aliphatic carbocycles. The zero-order valence-electron chi connectivity index (χ0n) is 7.70. The lowest BCUT2D eigenvalue weighted by Gasteiger charge is -2.06. The SMILES string of the molecule is COc1cc(Br)cc(/C=C/CO)c1O. The number of halogens is 1. The summed E-state index contributed by atoms with van der Waals surface area (Å²) in [7, 11) is 1.49. The molecule has 0 aliphatic heterocycles. The summed E-state index contributed by atoms with van der Waals surface area (Å²) in [5, 5.41) is 18.3. The number of rotatable bonds is 3. The first kappa shape index (κ1) is 11.1. The molecule has 0 heterocycles. The molecule has 0 saturated carbocycles. The van der Waals surface area contributed by atoms with Crippen molar-refractivity contribution in [2.75, 3.05) is 13.7 Å². The maximum absolute atomic E-state index is 9.66. The highest BCUT2D eigenvalue weighted by Gasteiger charge is 2.06. The summed E-state index contributed by atoms with van der Waals surface area (Å²) in [5.74, 6) is 0.470. The van der Waals surface area contributed by atoms with Crippen LogP contribution in [0.4, 0.5) is 0 Å². The number of methoxy groups -OCH3 is 1. The van der Waals surface area contributed by atoms with E-state index in [0.29, 0.717) is 11.3 Å². The standard InChI is InChI=1S/C10H11BrO3/c1-14-9-6-8(11)5-7(10(9)13)3-2-4-12/h2-3,5-6,12-13H,4H2,1H3/b3-2+. The van der Waals surface area contributed by atoms with Gasteiger partial charge in [-0.1, -0.05) is 28.1 Å². The number of benzene rings is 1. The summed E-state index contributed by atoms with van der Waals surface area (Å²) in [5.41, 5.74) is 0.602. The van der Waals surface area contributed by atoms with Crippen LogP contribution in [0.5, 0.6) is 11.5 Å². The van der Waals surface area contributed by atoms with Gasteiger partial charge in [0.15, 0.2) is 11.5 Å². The van der Waals surface area contributed by atoms with Crippen molar-refractivity contribution < 1.29 is 14.9 Å². The van der Waals surface area contributed by atoms with Crippen LogP contribution in [0.3, 0.4) is 0 Å².